The number of nitrogens with one attached hydrogen (secondary N) is 2. The monoisotopic (exact) mass is 331 g/mol. The van der Waals surface area contributed by atoms with Crippen molar-refractivity contribution in [2.45, 2.75) is 46.1 Å². The minimum absolute atomic E-state index is 0.0522. The number of carbonyl (C=O) groups is 1. The minimum Gasteiger partial charge on any atom is -0.396 e. The first-order valence-corrected chi connectivity index (χ1v) is 7.33. The SMILES string of the molecule is CC(C)c1[nH]nc(C(=O)NC(CCO)C(C)C)c1Br. The van der Waals surface area contributed by atoms with Crippen LogP contribution in [0, 0.1) is 5.92 Å². The van der Waals surface area contributed by atoms with Gasteiger partial charge in [-0.25, -0.2) is 0 Å². The standard InChI is InChI=1S/C13H22BrN3O2/c1-7(2)9(5-6-18)15-13(19)12-10(14)11(8(3)4)16-17-12/h7-9,18H,5-6H2,1-4H3,(H,15,19)(H,16,17). The van der Waals surface area contributed by atoms with Crippen LogP contribution < -0.4 is 5.32 Å². The van der Waals surface area contributed by atoms with Gasteiger partial charge in [-0.3, -0.25) is 9.89 Å². The number of hydrogen-bond acceptors (Lipinski definition) is 3. The molecule has 0 spiro atoms. The summed E-state index contributed by atoms with van der Waals surface area (Å²) < 4.78 is 0.714. The van der Waals surface area contributed by atoms with Crippen molar-refractivity contribution in [1.82, 2.24) is 15.5 Å². The van der Waals surface area contributed by atoms with Crippen LogP contribution in [0.5, 0.6) is 0 Å². The Morgan fingerprint density at radius 1 is 1.42 bits per heavy atom. The molecule has 1 atom stereocenters. The largest absolute Gasteiger partial charge is 0.396 e. The first-order valence-electron chi connectivity index (χ1n) is 6.53. The first-order chi connectivity index (χ1) is 8.88. The molecule has 19 heavy (non-hydrogen) atoms. The van der Waals surface area contributed by atoms with Crippen LogP contribution in [0.1, 0.15) is 56.2 Å². The second kappa shape index (κ2) is 7.05. The van der Waals surface area contributed by atoms with Gasteiger partial charge in [0.2, 0.25) is 0 Å². The number of H-pyrrole nitrogens is 1. The maximum Gasteiger partial charge on any atom is 0.273 e. The van der Waals surface area contributed by atoms with Crippen LogP contribution in [0.3, 0.4) is 0 Å². The molecule has 1 amide bonds. The molecule has 0 aliphatic rings. The molecule has 0 aromatic carbocycles. The van der Waals surface area contributed by atoms with Crippen LogP contribution >= 0.6 is 15.9 Å². The molecule has 1 aromatic heterocycles. The van der Waals surface area contributed by atoms with E-state index in [9.17, 15) is 4.79 Å². The van der Waals surface area contributed by atoms with Gasteiger partial charge >= 0.3 is 0 Å². The van der Waals surface area contributed by atoms with Gasteiger partial charge in [0.05, 0.1) is 10.2 Å². The van der Waals surface area contributed by atoms with E-state index in [4.69, 9.17) is 5.11 Å². The zero-order valence-corrected chi connectivity index (χ0v) is 13.4. The van der Waals surface area contributed by atoms with E-state index in [1.54, 1.807) is 0 Å². The topological polar surface area (TPSA) is 78.0 Å². The number of aliphatic hydroxyl groups excluding tert-OH is 1. The van der Waals surface area contributed by atoms with Gasteiger partial charge < -0.3 is 10.4 Å². The highest BCUT2D eigenvalue weighted by atomic mass is 79.9. The molecule has 6 heteroatoms. The Morgan fingerprint density at radius 2 is 2.05 bits per heavy atom. The Bertz CT molecular complexity index is 430. The van der Waals surface area contributed by atoms with Gasteiger partial charge in [-0.1, -0.05) is 27.7 Å². The van der Waals surface area contributed by atoms with E-state index in [1.165, 1.54) is 0 Å². The average molecular weight is 332 g/mol. The lowest BCUT2D eigenvalue weighted by atomic mass is 10.0. The number of carbonyl (C=O) groups excluding carboxylic acids is 1. The van der Waals surface area contributed by atoms with Crippen LogP contribution in [-0.4, -0.2) is 33.9 Å². The molecule has 0 saturated heterocycles. The van der Waals surface area contributed by atoms with Gasteiger partial charge in [0.1, 0.15) is 0 Å². The Balaban J connectivity index is 2.83. The Kier molecular flexibility index (Phi) is 6.00. The predicted octanol–water partition coefficient (Wildman–Crippen LogP) is 2.43. The number of nitrogens with zero attached hydrogens (tertiary/aromatic N) is 1. The molecule has 5 nitrogen and oxygen atoms in total. The second-order valence-corrected chi connectivity index (χ2v) is 6.08. The van der Waals surface area contributed by atoms with E-state index in [2.05, 4.69) is 31.4 Å². The lowest BCUT2D eigenvalue weighted by Crippen LogP contribution is -2.39. The fraction of sp³-hybridized carbons (Fsp3) is 0.692. The van der Waals surface area contributed by atoms with Crippen molar-refractivity contribution >= 4 is 21.8 Å². The number of halogens is 1. The quantitative estimate of drug-likeness (QED) is 0.749. The molecule has 0 saturated carbocycles. The van der Waals surface area contributed by atoms with Gasteiger partial charge in [0.25, 0.3) is 5.91 Å². The summed E-state index contributed by atoms with van der Waals surface area (Å²) in [5.74, 6) is 0.308. The maximum atomic E-state index is 12.2. The van der Waals surface area contributed by atoms with Crippen LogP contribution in [0.2, 0.25) is 0 Å². The molecule has 0 bridgehead atoms. The molecule has 1 unspecified atom stereocenters. The van der Waals surface area contributed by atoms with E-state index in [1.807, 2.05) is 27.7 Å². The molecule has 1 aromatic rings. The van der Waals surface area contributed by atoms with Crippen LogP contribution in [-0.2, 0) is 0 Å². The van der Waals surface area contributed by atoms with E-state index >= 15 is 0 Å². The van der Waals surface area contributed by atoms with Crippen LogP contribution in [0.4, 0.5) is 0 Å². The summed E-state index contributed by atoms with van der Waals surface area (Å²) in [6, 6.07) is -0.0522. The molecule has 108 valence electrons. The zero-order chi connectivity index (χ0) is 14.6. The van der Waals surface area contributed by atoms with Crippen LogP contribution in [0.15, 0.2) is 4.47 Å². The number of aromatic nitrogens is 2. The predicted molar refractivity (Wildman–Crippen MR) is 78.2 cm³/mol. The number of aromatic amines is 1. The highest BCUT2D eigenvalue weighted by molar-refractivity contribution is 9.10. The van der Waals surface area contributed by atoms with Crippen molar-refractivity contribution in [2.75, 3.05) is 6.61 Å². The summed E-state index contributed by atoms with van der Waals surface area (Å²) in [5.41, 5.74) is 1.28. The number of hydrogen-bond donors (Lipinski definition) is 3. The fourth-order valence-corrected chi connectivity index (χ4v) is 2.64. The van der Waals surface area contributed by atoms with Crippen molar-refractivity contribution in [3.63, 3.8) is 0 Å². The molecule has 3 N–H and O–H groups in total. The molecule has 0 fully saturated rings. The molecule has 0 aliphatic heterocycles. The zero-order valence-electron chi connectivity index (χ0n) is 11.8. The highest BCUT2D eigenvalue weighted by Gasteiger charge is 2.22. The number of amides is 1. The molecule has 1 rings (SSSR count). The average Bonchev–Trinajstić information content (AvgIpc) is 2.70. The van der Waals surface area contributed by atoms with Gasteiger partial charge in [-0.15, -0.1) is 0 Å². The molecule has 0 radical (unpaired) electrons. The van der Waals surface area contributed by atoms with Crippen molar-refractivity contribution in [1.29, 1.82) is 0 Å². The van der Waals surface area contributed by atoms with Gasteiger partial charge in [0, 0.05) is 12.6 Å². The first kappa shape index (κ1) is 16.2. The fourth-order valence-electron chi connectivity index (χ4n) is 1.82. The molecular formula is C13H22BrN3O2. The van der Waals surface area contributed by atoms with E-state index in [-0.39, 0.29) is 30.4 Å². The second-order valence-electron chi connectivity index (χ2n) is 5.29. The van der Waals surface area contributed by atoms with Crippen molar-refractivity contribution in [3.05, 3.63) is 15.9 Å². The van der Waals surface area contributed by atoms with E-state index < -0.39 is 0 Å². The maximum absolute atomic E-state index is 12.2. The molecule has 1 heterocycles. The Hall–Kier alpha value is -0.880. The summed E-state index contributed by atoms with van der Waals surface area (Å²) in [7, 11) is 0. The number of rotatable bonds is 6. The van der Waals surface area contributed by atoms with E-state index in [0.717, 1.165) is 5.69 Å². The smallest absolute Gasteiger partial charge is 0.273 e. The van der Waals surface area contributed by atoms with E-state index in [0.29, 0.717) is 16.6 Å². The van der Waals surface area contributed by atoms with Gasteiger partial charge in [-0.05, 0) is 34.2 Å². The summed E-state index contributed by atoms with van der Waals surface area (Å²) in [4.78, 5) is 12.2. The number of aliphatic hydroxyl groups is 1. The third-order valence-corrected chi connectivity index (χ3v) is 3.89. The normalized spacial score (nSPS) is 13.1. The van der Waals surface area contributed by atoms with Crippen molar-refractivity contribution in [2.24, 2.45) is 5.92 Å². The van der Waals surface area contributed by atoms with Gasteiger partial charge in [0.15, 0.2) is 5.69 Å². The van der Waals surface area contributed by atoms with Crippen molar-refractivity contribution < 1.29 is 9.90 Å². The summed E-state index contributed by atoms with van der Waals surface area (Å²) in [6.45, 7) is 8.15. The van der Waals surface area contributed by atoms with Crippen molar-refractivity contribution in [3.8, 4) is 0 Å². The molecular weight excluding hydrogens is 310 g/mol. The summed E-state index contributed by atoms with van der Waals surface area (Å²) >= 11 is 3.41. The minimum atomic E-state index is -0.220. The lowest BCUT2D eigenvalue weighted by Gasteiger charge is -2.21. The summed E-state index contributed by atoms with van der Waals surface area (Å²) in [5, 5.41) is 18.9. The third kappa shape index (κ3) is 4.04. The third-order valence-electron chi connectivity index (χ3n) is 3.09. The highest BCUT2D eigenvalue weighted by Crippen LogP contribution is 2.25. The lowest BCUT2D eigenvalue weighted by molar-refractivity contribution is 0.0910. The summed E-state index contributed by atoms with van der Waals surface area (Å²) in [6.07, 6.45) is 0.544. The Labute approximate surface area is 122 Å². The van der Waals surface area contributed by atoms with Gasteiger partial charge in [-0.2, -0.15) is 5.10 Å². The van der Waals surface area contributed by atoms with Crippen LogP contribution in [0.25, 0.3) is 0 Å². The molecule has 0 aliphatic carbocycles. The Morgan fingerprint density at radius 3 is 2.47 bits per heavy atom.